The van der Waals surface area contributed by atoms with Crippen LogP contribution in [-0.4, -0.2) is 0 Å². The minimum Gasteiger partial charge on any atom is -1.00 e. The average Bonchev–Trinajstić information content (AvgIpc) is 0. The van der Waals surface area contributed by atoms with Gasteiger partial charge in [0.25, 0.3) is 0 Å². The van der Waals surface area contributed by atoms with Crippen molar-refractivity contribution in [1.29, 1.82) is 0 Å². The third-order valence-electron chi connectivity index (χ3n) is 0. The second-order valence-electron chi connectivity index (χ2n) is 0. The first-order valence-corrected chi connectivity index (χ1v) is 0. The van der Waals surface area contributed by atoms with E-state index in [0.717, 1.165) is 0 Å². The van der Waals surface area contributed by atoms with Gasteiger partial charge in [0.1, 0.15) is 0 Å². The quantitative estimate of drug-likeness (QED) is 0.155. The van der Waals surface area contributed by atoms with E-state index in [2.05, 4.69) is 0 Å². The molecular weight excluding hydrogens is 578 g/mol. The van der Waals surface area contributed by atoms with E-state index in [4.69, 9.17) is 0 Å². The Bertz CT molecular complexity index is 7.51. The van der Waals surface area contributed by atoms with Crippen LogP contribution < -0.4 is 75.4 Å². The summed E-state index contributed by atoms with van der Waals surface area (Å²) in [6.07, 6.45) is 0. The second-order valence-corrected chi connectivity index (χ2v) is 0. The number of hydrogen-bond donors (Lipinski definition) is 0. The van der Waals surface area contributed by atoms with E-state index in [1.54, 1.807) is 0 Å². The predicted octanol–water partition coefficient (Wildman–Crippen LogP) is -4.08. The summed E-state index contributed by atoms with van der Waals surface area (Å²) in [5.74, 6) is 0. The number of hydrogen-bond acceptors (Lipinski definition) is 0. The largest absolute Gasteiger partial charge is 1.00 e. The molecule has 0 saturated carbocycles. The van der Waals surface area contributed by atoms with Gasteiger partial charge in [-0.2, -0.15) is 9.90 Å². The molecule has 0 aliphatic rings. The molecule has 6 heteroatoms. The van der Waals surface area contributed by atoms with Crippen LogP contribution in [0.25, 0.3) is 0 Å². The van der Waals surface area contributed by atoms with Crippen LogP contribution in [0.4, 0.5) is 0 Å². The molecule has 0 bridgehead atoms. The van der Waals surface area contributed by atoms with Crippen molar-refractivity contribution in [3.8, 4) is 0 Å². The molecule has 0 aliphatic heterocycles. The van der Waals surface area contributed by atoms with Crippen molar-refractivity contribution >= 4 is 81.8 Å². The maximum Gasteiger partial charge on any atom is 1.00 e. The van der Waals surface area contributed by atoms with Gasteiger partial charge in [-0.3, -0.25) is 0 Å². The summed E-state index contributed by atoms with van der Waals surface area (Å²) in [7, 11) is 0. The third kappa shape index (κ3) is 23.1. The van der Waals surface area contributed by atoms with Crippen LogP contribution in [0.2, 0.25) is 0 Å². The predicted molar refractivity (Wildman–Crippen MR) is 57.4 cm³/mol. The fourth-order valence-electron chi connectivity index (χ4n) is 0. The van der Waals surface area contributed by atoms with Crippen LogP contribution in [-0.2, 0) is 0 Å². The van der Waals surface area contributed by atoms with Crippen molar-refractivity contribution in [1.82, 2.24) is 0 Å². The summed E-state index contributed by atoms with van der Waals surface area (Å²) < 4.78 is 0. The average molecular weight is 584 g/mol. The van der Waals surface area contributed by atoms with Gasteiger partial charge in [0, 0.05) is 0 Å². The standard InChI is InChI=1S/4HI.K.H3P/h4*1H;;1H3/q;;;;+1;/p-1. The van der Waals surface area contributed by atoms with E-state index in [1.165, 1.54) is 0 Å². The summed E-state index contributed by atoms with van der Waals surface area (Å²) in [5, 5.41) is 0. The van der Waals surface area contributed by atoms with E-state index in [1.807, 2.05) is 0 Å². The maximum absolute atomic E-state index is 0. The van der Waals surface area contributed by atoms with Crippen molar-refractivity contribution in [2.75, 3.05) is 0 Å². The Morgan fingerprint density at radius 1 is 0.667 bits per heavy atom. The molecule has 0 fully saturated rings. The van der Waals surface area contributed by atoms with Gasteiger partial charge in [0.15, 0.2) is 0 Å². The van der Waals surface area contributed by atoms with E-state index < -0.39 is 0 Å². The molecule has 0 nitrogen and oxygen atoms in total. The smallest absolute Gasteiger partial charge is 1.00 e. The Labute approximate surface area is 153 Å². The summed E-state index contributed by atoms with van der Waals surface area (Å²) in [6.45, 7) is 0. The number of rotatable bonds is 0. The molecule has 0 aromatic heterocycles. The van der Waals surface area contributed by atoms with Crippen molar-refractivity contribution in [2.45, 2.75) is 0 Å². The van der Waals surface area contributed by atoms with E-state index >= 15 is 0 Å². The zero-order valence-electron chi connectivity index (χ0n) is 3.31. The summed E-state index contributed by atoms with van der Waals surface area (Å²) >= 11 is 0. The molecule has 1 unspecified atom stereocenters. The van der Waals surface area contributed by atoms with Gasteiger partial charge in [-0.1, -0.05) is 0 Å². The SMILES string of the molecule is I.I.I.P.[I-].[K+]. The van der Waals surface area contributed by atoms with E-state index in [-0.39, 0.29) is 157 Å². The molecule has 0 radical (unpaired) electrons. The van der Waals surface area contributed by atoms with E-state index in [0.29, 0.717) is 0 Å². The van der Waals surface area contributed by atoms with Gasteiger partial charge in [-0.25, -0.2) is 0 Å². The minimum absolute atomic E-state index is 0. The molecule has 1 atom stereocenters. The second kappa shape index (κ2) is 32.4. The van der Waals surface area contributed by atoms with Crippen molar-refractivity contribution < 1.29 is 75.4 Å². The van der Waals surface area contributed by atoms with Crippen LogP contribution in [0.15, 0.2) is 0 Å². The molecule has 0 heterocycles. The molecule has 6 heavy (non-hydrogen) atoms. The van der Waals surface area contributed by atoms with Crippen LogP contribution in [0.3, 0.4) is 0 Å². The molecular formula is H6I4KP. The van der Waals surface area contributed by atoms with Gasteiger partial charge in [-0.05, 0) is 0 Å². The first-order chi connectivity index (χ1) is 0. The zero-order valence-corrected chi connectivity index (χ0v) is 17.0. The Balaban J connectivity index is 0. The fourth-order valence-corrected chi connectivity index (χ4v) is 0. The van der Waals surface area contributed by atoms with Gasteiger partial charge in [0.05, 0.1) is 0 Å². The van der Waals surface area contributed by atoms with Crippen LogP contribution in [0, 0.1) is 0 Å². The van der Waals surface area contributed by atoms with Crippen molar-refractivity contribution in [3.63, 3.8) is 0 Å². The van der Waals surface area contributed by atoms with Crippen LogP contribution in [0.1, 0.15) is 0 Å². The third-order valence-corrected chi connectivity index (χ3v) is 0. The molecule has 0 aliphatic carbocycles. The molecule has 0 N–H and O–H groups in total. The molecule has 0 aromatic carbocycles. The van der Waals surface area contributed by atoms with Gasteiger partial charge in [-0.15, -0.1) is 71.9 Å². The maximum atomic E-state index is 0. The molecule has 0 amide bonds. The molecule has 0 rings (SSSR count). The summed E-state index contributed by atoms with van der Waals surface area (Å²) in [5.41, 5.74) is 0. The zero-order chi connectivity index (χ0) is 0. The Kier molecular flexibility index (Phi) is 238. The Morgan fingerprint density at radius 2 is 0.667 bits per heavy atom. The van der Waals surface area contributed by atoms with Gasteiger partial charge >= 0.3 is 51.4 Å². The normalized spacial score (nSPS) is 0. The van der Waals surface area contributed by atoms with E-state index in [9.17, 15) is 0 Å². The molecule has 0 spiro atoms. The Morgan fingerprint density at radius 3 is 0.667 bits per heavy atom. The minimum atomic E-state index is 0. The van der Waals surface area contributed by atoms with Gasteiger partial charge < -0.3 is 24.0 Å². The summed E-state index contributed by atoms with van der Waals surface area (Å²) in [4.78, 5) is 0. The first-order valence-electron chi connectivity index (χ1n) is 0. The molecule has 0 saturated heterocycles. The van der Waals surface area contributed by atoms with Crippen LogP contribution >= 0.6 is 81.8 Å². The topological polar surface area (TPSA) is 0 Å². The van der Waals surface area contributed by atoms with Gasteiger partial charge in [0.2, 0.25) is 0 Å². The first kappa shape index (κ1) is 44.1. The fraction of sp³-hybridized carbons (Fsp3) is 0. The van der Waals surface area contributed by atoms with Crippen LogP contribution in [0.5, 0.6) is 0 Å². The monoisotopic (exact) mass is 584 g/mol. The van der Waals surface area contributed by atoms with Crippen molar-refractivity contribution in [2.24, 2.45) is 0 Å². The van der Waals surface area contributed by atoms with Crippen molar-refractivity contribution in [3.05, 3.63) is 0 Å². The number of halogens is 4. The summed E-state index contributed by atoms with van der Waals surface area (Å²) in [6, 6.07) is 0. The molecule has 40 valence electrons. The Hall–Kier alpha value is 4.99. The molecule has 0 aromatic rings.